The van der Waals surface area contributed by atoms with Crippen molar-refractivity contribution in [3.8, 4) is 17.4 Å². The molecule has 1 fully saturated rings. The van der Waals surface area contributed by atoms with Crippen LogP contribution in [0.4, 0.5) is 0 Å². The van der Waals surface area contributed by atoms with Crippen molar-refractivity contribution in [1.82, 2.24) is 14.6 Å². The molecule has 28 heavy (non-hydrogen) atoms. The molecule has 1 saturated heterocycles. The molecule has 3 heterocycles. The fourth-order valence-corrected chi connectivity index (χ4v) is 5.25. The summed E-state index contributed by atoms with van der Waals surface area (Å²) in [6.45, 7) is 6.27. The molecule has 0 amide bonds. The Hall–Kier alpha value is -2.32. The number of hydrogen-bond acceptors (Lipinski definition) is 6. The summed E-state index contributed by atoms with van der Waals surface area (Å²) in [7, 11) is 3.29. The maximum absolute atomic E-state index is 10.9. The predicted molar refractivity (Wildman–Crippen MR) is 108 cm³/mol. The number of nitrogens with zero attached hydrogens (tertiary/aromatic N) is 3. The summed E-state index contributed by atoms with van der Waals surface area (Å²) >= 11 is 1.51. The minimum atomic E-state index is 0.00103. The summed E-state index contributed by atoms with van der Waals surface area (Å²) in [5, 5.41) is 15.3. The van der Waals surface area contributed by atoms with E-state index in [-0.39, 0.29) is 11.9 Å². The number of aromatic hydroxyl groups is 1. The molecule has 1 aliphatic heterocycles. The van der Waals surface area contributed by atoms with Crippen LogP contribution in [0.3, 0.4) is 0 Å². The molecule has 0 unspecified atom stereocenters. The van der Waals surface area contributed by atoms with Crippen molar-refractivity contribution in [2.75, 3.05) is 27.3 Å². The van der Waals surface area contributed by atoms with E-state index >= 15 is 0 Å². The monoisotopic (exact) mass is 403 g/mol. The van der Waals surface area contributed by atoms with E-state index < -0.39 is 0 Å². The Balaban J connectivity index is 1.81. The highest BCUT2D eigenvalue weighted by Crippen LogP contribution is 2.38. The molecule has 1 atom stereocenters. The number of fused-ring (bicyclic) bond motifs is 1. The van der Waals surface area contributed by atoms with Gasteiger partial charge in [-0.05, 0) is 43.9 Å². The van der Waals surface area contributed by atoms with Gasteiger partial charge in [0.05, 0.1) is 27.3 Å². The molecule has 0 aliphatic carbocycles. The molecule has 0 bridgehead atoms. The van der Waals surface area contributed by atoms with Crippen LogP contribution in [0, 0.1) is 12.8 Å². The zero-order valence-corrected chi connectivity index (χ0v) is 17.5. The molecule has 1 aromatic carbocycles. The number of rotatable bonds is 5. The average Bonchev–Trinajstić information content (AvgIpc) is 3.21. The van der Waals surface area contributed by atoms with Crippen LogP contribution in [0.2, 0.25) is 0 Å². The highest BCUT2D eigenvalue weighted by atomic mass is 32.1. The lowest BCUT2D eigenvalue weighted by Crippen LogP contribution is -3.13. The van der Waals surface area contributed by atoms with Gasteiger partial charge in [-0.2, -0.15) is 4.52 Å². The first kappa shape index (κ1) is 19.0. The maximum Gasteiger partial charge on any atom is 0.235 e. The van der Waals surface area contributed by atoms with Crippen LogP contribution in [0.1, 0.15) is 42.1 Å². The van der Waals surface area contributed by atoms with Gasteiger partial charge in [-0.1, -0.05) is 18.3 Å². The van der Waals surface area contributed by atoms with E-state index in [2.05, 4.69) is 23.1 Å². The van der Waals surface area contributed by atoms with Crippen molar-refractivity contribution >= 4 is 16.3 Å². The lowest BCUT2D eigenvalue weighted by Gasteiger charge is -2.33. The molecule has 8 heteroatoms. The maximum atomic E-state index is 10.9. The lowest BCUT2D eigenvalue weighted by molar-refractivity contribution is -0.931. The van der Waals surface area contributed by atoms with E-state index in [9.17, 15) is 5.11 Å². The number of likely N-dealkylation sites (tertiary alicyclic amines) is 1. The molecule has 150 valence electrons. The number of aryl methyl sites for hydroxylation is 1. The summed E-state index contributed by atoms with van der Waals surface area (Å²) in [5.41, 5.74) is 1.10. The van der Waals surface area contributed by atoms with Crippen LogP contribution in [-0.2, 0) is 0 Å². The smallest absolute Gasteiger partial charge is 0.235 e. The van der Waals surface area contributed by atoms with Crippen LogP contribution in [0.25, 0.3) is 4.96 Å². The molecule has 0 radical (unpaired) electrons. The number of thiazole rings is 1. The largest absolute Gasteiger partial charge is 0.493 e. The Labute approximate surface area is 168 Å². The quantitative estimate of drug-likeness (QED) is 0.683. The van der Waals surface area contributed by atoms with E-state index in [1.54, 1.807) is 18.7 Å². The van der Waals surface area contributed by atoms with Gasteiger partial charge in [0.2, 0.25) is 10.8 Å². The minimum absolute atomic E-state index is 0.00103. The molecular formula is C20H27N4O3S+. The van der Waals surface area contributed by atoms with E-state index in [4.69, 9.17) is 9.47 Å². The topological polar surface area (TPSA) is 73.3 Å². The standard InChI is InChI=1S/C20H26N4O3S/c1-12-7-9-23(10-8-12)17(14-5-6-15(26-3)16(11-14)27-4)18-19(25)24-20(28-18)21-13(2)22-24/h5-6,11-12,17,25H,7-10H2,1-4H3/p+1/t17-/m0/s1. The number of benzene rings is 1. The fourth-order valence-electron chi connectivity index (χ4n) is 4.06. The van der Waals surface area contributed by atoms with E-state index in [0.29, 0.717) is 17.3 Å². The summed E-state index contributed by atoms with van der Waals surface area (Å²) in [6.07, 6.45) is 2.36. The number of aromatic nitrogens is 3. The Kier molecular flexibility index (Phi) is 5.16. The van der Waals surface area contributed by atoms with Crippen LogP contribution >= 0.6 is 11.3 Å². The van der Waals surface area contributed by atoms with Gasteiger partial charge in [0.25, 0.3) is 0 Å². The number of quaternary nitrogens is 1. The third-order valence-corrected chi connectivity index (χ3v) is 6.72. The van der Waals surface area contributed by atoms with E-state index in [1.807, 2.05) is 19.1 Å². The second-order valence-electron chi connectivity index (χ2n) is 7.53. The van der Waals surface area contributed by atoms with Gasteiger partial charge in [0, 0.05) is 5.56 Å². The van der Waals surface area contributed by atoms with Crippen molar-refractivity contribution in [3.63, 3.8) is 0 Å². The zero-order valence-electron chi connectivity index (χ0n) is 16.7. The SMILES string of the molecule is COc1ccc([C@@H](c2sc3nc(C)nn3c2O)[NH+]2CCC(C)CC2)cc1OC. The van der Waals surface area contributed by atoms with Crippen molar-refractivity contribution in [2.24, 2.45) is 5.92 Å². The van der Waals surface area contributed by atoms with Crippen molar-refractivity contribution in [2.45, 2.75) is 32.7 Å². The summed E-state index contributed by atoms with van der Waals surface area (Å²) in [6, 6.07) is 6.03. The first-order valence-corrected chi connectivity index (χ1v) is 10.4. The number of ether oxygens (including phenoxy) is 2. The van der Waals surface area contributed by atoms with Gasteiger partial charge < -0.3 is 19.5 Å². The molecule has 0 saturated carbocycles. The van der Waals surface area contributed by atoms with Gasteiger partial charge in [-0.15, -0.1) is 5.10 Å². The van der Waals surface area contributed by atoms with Gasteiger partial charge >= 0.3 is 0 Å². The van der Waals surface area contributed by atoms with Crippen molar-refractivity contribution in [1.29, 1.82) is 0 Å². The average molecular weight is 404 g/mol. The summed E-state index contributed by atoms with van der Waals surface area (Å²) < 4.78 is 12.5. The number of nitrogens with one attached hydrogen (secondary N) is 1. The van der Waals surface area contributed by atoms with Crippen molar-refractivity contribution in [3.05, 3.63) is 34.5 Å². The molecule has 0 spiro atoms. The summed E-state index contributed by atoms with van der Waals surface area (Å²) in [5.74, 6) is 2.99. The third-order valence-electron chi connectivity index (χ3n) is 5.63. The highest BCUT2D eigenvalue weighted by molar-refractivity contribution is 7.17. The summed E-state index contributed by atoms with van der Waals surface area (Å²) in [4.78, 5) is 7.51. The molecule has 4 rings (SSSR count). The second-order valence-corrected chi connectivity index (χ2v) is 8.54. The van der Waals surface area contributed by atoms with Crippen LogP contribution < -0.4 is 14.4 Å². The first-order chi connectivity index (χ1) is 13.5. The van der Waals surface area contributed by atoms with Crippen LogP contribution in [0.5, 0.6) is 17.4 Å². The van der Waals surface area contributed by atoms with Crippen LogP contribution in [-0.4, -0.2) is 47.0 Å². The van der Waals surface area contributed by atoms with Gasteiger partial charge in [-0.3, -0.25) is 0 Å². The fraction of sp³-hybridized carbons (Fsp3) is 0.500. The molecule has 7 nitrogen and oxygen atoms in total. The Morgan fingerprint density at radius 1 is 1.21 bits per heavy atom. The van der Waals surface area contributed by atoms with Gasteiger partial charge in [0.15, 0.2) is 17.5 Å². The third kappa shape index (κ3) is 3.31. The molecule has 2 aromatic heterocycles. The molecule has 2 N–H and O–H groups in total. The Bertz CT molecular complexity index is 975. The van der Waals surface area contributed by atoms with Gasteiger partial charge in [-0.25, -0.2) is 4.98 Å². The molecule has 3 aromatic rings. The highest BCUT2D eigenvalue weighted by Gasteiger charge is 2.35. The predicted octanol–water partition coefficient (Wildman–Crippen LogP) is 2.23. The van der Waals surface area contributed by atoms with E-state index in [0.717, 1.165) is 34.4 Å². The molecular weight excluding hydrogens is 376 g/mol. The minimum Gasteiger partial charge on any atom is -0.493 e. The lowest BCUT2D eigenvalue weighted by atomic mass is 9.95. The van der Waals surface area contributed by atoms with Gasteiger partial charge in [0.1, 0.15) is 10.7 Å². The number of piperidine rings is 1. The Morgan fingerprint density at radius 3 is 2.57 bits per heavy atom. The number of hydrogen-bond donors (Lipinski definition) is 2. The zero-order chi connectivity index (χ0) is 19.8. The normalized spacial score (nSPS) is 21.0. The Morgan fingerprint density at radius 2 is 1.93 bits per heavy atom. The molecule has 1 aliphatic rings. The first-order valence-electron chi connectivity index (χ1n) is 9.63. The van der Waals surface area contributed by atoms with Crippen LogP contribution in [0.15, 0.2) is 18.2 Å². The second kappa shape index (κ2) is 7.60. The van der Waals surface area contributed by atoms with Crippen molar-refractivity contribution < 1.29 is 19.5 Å². The number of methoxy groups -OCH3 is 2. The van der Waals surface area contributed by atoms with E-state index in [1.165, 1.54) is 29.1 Å².